The Bertz CT molecular complexity index is 634. The molecule has 0 N–H and O–H groups in total. The van der Waals surface area contributed by atoms with E-state index in [0.717, 1.165) is 25.7 Å². The Morgan fingerprint density at radius 3 is 1.96 bits per heavy atom. The quantitative estimate of drug-likeness (QED) is 0.787. The van der Waals surface area contributed by atoms with Gasteiger partial charge in [-0.05, 0) is 36.8 Å². The monoisotopic (exact) mass is 313 g/mol. The maximum absolute atomic E-state index is 12.4. The van der Waals surface area contributed by atoms with E-state index in [4.69, 9.17) is 4.84 Å². The van der Waals surface area contributed by atoms with Gasteiger partial charge in [0, 0.05) is 0 Å². The van der Waals surface area contributed by atoms with Gasteiger partial charge in [-0.25, -0.2) is 4.79 Å². The van der Waals surface area contributed by atoms with E-state index in [9.17, 15) is 14.4 Å². The predicted molar refractivity (Wildman–Crippen MR) is 81.2 cm³/mol. The van der Waals surface area contributed by atoms with Crippen LogP contribution in [0.3, 0.4) is 0 Å². The molecule has 1 aromatic rings. The molecular formula is C18H19NO4. The zero-order valence-electron chi connectivity index (χ0n) is 12.9. The lowest BCUT2D eigenvalue weighted by Crippen LogP contribution is -2.33. The lowest BCUT2D eigenvalue weighted by molar-refractivity contribution is -0.171. The molecule has 2 amide bonds. The second kappa shape index (κ2) is 5.48. The van der Waals surface area contributed by atoms with Crippen molar-refractivity contribution in [1.82, 2.24) is 5.06 Å². The molecule has 2 aliphatic carbocycles. The molecule has 2 unspecified atom stereocenters. The first-order valence-electron chi connectivity index (χ1n) is 8.38. The van der Waals surface area contributed by atoms with Gasteiger partial charge < -0.3 is 4.84 Å². The Morgan fingerprint density at radius 2 is 1.43 bits per heavy atom. The third kappa shape index (κ3) is 2.35. The zero-order chi connectivity index (χ0) is 16.0. The molecule has 120 valence electrons. The maximum atomic E-state index is 12.4. The van der Waals surface area contributed by atoms with Gasteiger partial charge in [-0.3, -0.25) is 9.59 Å². The second-order valence-electron chi connectivity index (χ2n) is 6.71. The van der Waals surface area contributed by atoms with Crippen molar-refractivity contribution in [3.05, 3.63) is 35.4 Å². The van der Waals surface area contributed by atoms with Gasteiger partial charge in [0.15, 0.2) is 0 Å². The Kier molecular flexibility index (Phi) is 3.43. The molecule has 2 fully saturated rings. The van der Waals surface area contributed by atoms with Gasteiger partial charge in [-0.2, -0.15) is 0 Å². The van der Waals surface area contributed by atoms with Gasteiger partial charge in [0.25, 0.3) is 11.8 Å². The number of imide groups is 1. The van der Waals surface area contributed by atoms with Gasteiger partial charge in [0.1, 0.15) is 0 Å². The summed E-state index contributed by atoms with van der Waals surface area (Å²) in [5.41, 5.74) is 0.597. The summed E-state index contributed by atoms with van der Waals surface area (Å²) < 4.78 is 0. The summed E-state index contributed by atoms with van der Waals surface area (Å²) in [5, 5.41) is 0.638. The van der Waals surface area contributed by atoms with E-state index in [1.807, 2.05) is 0 Å². The van der Waals surface area contributed by atoms with Gasteiger partial charge in [0.2, 0.25) is 0 Å². The Morgan fingerprint density at radius 1 is 0.913 bits per heavy atom. The minimum Gasteiger partial charge on any atom is -0.329 e. The van der Waals surface area contributed by atoms with Crippen molar-refractivity contribution < 1.29 is 19.2 Å². The Balaban J connectivity index is 1.46. The second-order valence-corrected chi connectivity index (χ2v) is 6.71. The summed E-state index contributed by atoms with van der Waals surface area (Å²) in [4.78, 5) is 42.1. The van der Waals surface area contributed by atoms with E-state index in [2.05, 4.69) is 0 Å². The van der Waals surface area contributed by atoms with E-state index in [1.54, 1.807) is 24.3 Å². The van der Waals surface area contributed by atoms with E-state index in [0.29, 0.717) is 28.0 Å². The first-order valence-corrected chi connectivity index (χ1v) is 8.38. The van der Waals surface area contributed by atoms with E-state index in [1.165, 1.54) is 12.8 Å². The number of hydrogen-bond acceptors (Lipinski definition) is 4. The van der Waals surface area contributed by atoms with Crippen molar-refractivity contribution >= 4 is 17.8 Å². The first-order chi connectivity index (χ1) is 11.2. The minimum absolute atomic E-state index is 0.141. The van der Waals surface area contributed by atoms with Crippen LogP contribution in [0.2, 0.25) is 0 Å². The number of nitrogens with zero attached hydrogens (tertiary/aromatic N) is 1. The highest BCUT2D eigenvalue weighted by molar-refractivity contribution is 6.20. The molecule has 1 aromatic carbocycles. The smallest absolute Gasteiger partial charge is 0.329 e. The molecule has 0 aromatic heterocycles. The third-order valence-corrected chi connectivity index (χ3v) is 5.37. The molecule has 2 atom stereocenters. The molecule has 0 bridgehead atoms. The number of carbonyl (C=O) groups excluding carboxylic acids is 3. The van der Waals surface area contributed by atoms with Crippen LogP contribution in [0.25, 0.3) is 0 Å². The fourth-order valence-corrected chi connectivity index (χ4v) is 4.10. The lowest BCUT2D eigenvalue weighted by atomic mass is 10.0. The SMILES string of the molecule is O=C(ON1C(=O)c2ccccc2C1=O)C1C2CCCCCCC21. The summed E-state index contributed by atoms with van der Waals surface area (Å²) in [7, 11) is 0. The molecule has 1 aliphatic heterocycles. The lowest BCUT2D eigenvalue weighted by Gasteiger charge is -2.12. The summed E-state index contributed by atoms with van der Waals surface area (Å²) >= 11 is 0. The maximum Gasteiger partial charge on any atom is 0.336 e. The average molecular weight is 313 g/mol. The highest BCUT2D eigenvalue weighted by atomic mass is 16.7. The highest BCUT2D eigenvalue weighted by Gasteiger charge is 2.56. The summed E-state index contributed by atoms with van der Waals surface area (Å²) in [6.45, 7) is 0. The Hall–Kier alpha value is -2.17. The van der Waals surface area contributed by atoms with Crippen molar-refractivity contribution in [1.29, 1.82) is 0 Å². The van der Waals surface area contributed by atoms with Crippen LogP contribution in [0.1, 0.15) is 59.2 Å². The minimum atomic E-state index is -0.544. The van der Waals surface area contributed by atoms with Gasteiger partial charge in [-0.1, -0.05) is 42.9 Å². The van der Waals surface area contributed by atoms with Crippen LogP contribution < -0.4 is 0 Å². The number of fused-ring (bicyclic) bond motifs is 2. The van der Waals surface area contributed by atoms with Crippen molar-refractivity contribution in [2.75, 3.05) is 0 Å². The molecule has 5 heteroatoms. The van der Waals surface area contributed by atoms with Crippen molar-refractivity contribution in [2.45, 2.75) is 38.5 Å². The molecule has 4 rings (SSSR count). The molecule has 0 spiro atoms. The van der Waals surface area contributed by atoms with Crippen LogP contribution in [-0.2, 0) is 9.63 Å². The summed E-state index contributed by atoms with van der Waals surface area (Å²) in [5.74, 6) is -0.904. The van der Waals surface area contributed by atoms with Gasteiger partial charge >= 0.3 is 5.97 Å². The molecular weight excluding hydrogens is 294 g/mol. The molecule has 0 radical (unpaired) electrons. The Labute approximate surface area is 134 Å². The summed E-state index contributed by atoms with van der Waals surface area (Å²) in [6, 6.07) is 6.54. The molecule has 1 heterocycles. The largest absolute Gasteiger partial charge is 0.336 e. The zero-order valence-corrected chi connectivity index (χ0v) is 12.9. The number of benzene rings is 1. The van der Waals surface area contributed by atoms with Gasteiger partial charge in [0.05, 0.1) is 17.0 Å². The fourth-order valence-electron chi connectivity index (χ4n) is 4.10. The van der Waals surface area contributed by atoms with Gasteiger partial charge in [-0.15, -0.1) is 0 Å². The first kappa shape index (κ1) is 14.4. The van der Waals surface area contributed by atoms with Crippen LogP contribution in [0.4, 0.5) is 0 Å². The molecule has 23 heavy (non-hydrogen) atoms. The van der Waals surface area contributed by atoms with E-state index in [-0.39, 0.29) is 5.92 Å². The topological polar surface area (TPSA) is 63.7 Å². The van der Waals surface area contributed by atoms with E-state index >= 15 is 0 Å². The number of rotatable bonds is 2. The highest BCUT2D eigenvalue weighted by Crippen LogP contribution is 2.54. The van der Waals surface area contributed by atoms with Crippen LogP contribution in [0, 0.1) is 17.8 Å². The normalized spacial score (nSPS) is 29.4. The van der Waals surface area contributed by atoms with Crippen LogP contribution in [0.15, 0.2) is 24.3 Å². The molecule has 3 aliphatic rings. The summed E-state index contributed by atoms with van der Waals surface area (Å²) in [6.07, 6.45) is 6.85. The van der Waals surface area contributed by atoms with Crippen molar-refractivity contribution in [3.63, 3.8) is 0 Å². The fraction of sp³-hybridized carbons (Fsp3) is 0.500. The standard InChI is InChI=1S/C18H19NO4/c20-16-13-9-5-6-10-14(13)17(21)19(16)23-18(22)15-11-7-3-1-2-4-8-12(11)15/h5-6,9-12,15H,1-4,7-8H2. The van der Waals surface area contributed by atoms with E-state index < -0.39 is 17.8 Å². The van der Waals surface area contributed by atoms with Crippen molar-refractivity contribution in [2.24, 2.45) is 17.8 Å². The molecule has 2 saturated carbocycles. The third-order valence-electron chi connectivity index (χ3n) is 5.37. The predicted octanol–water partition coefficient (Wildman–Crippen LogP) is 2.96. The van der Waals surface area contributed by atoms with Crippen molar-refractivity contribution in [3.8, 4) is 0 Å². The molecule has 0 saturated heterocycles. The number of carbonyl (C=O) groups is 3. The average Bonchev–Trinajstić information content (AvgIpc) is 3.15. The number of hydrogen-bond donors (Lipinski definition) is 0. The van der Waals surface area contributed by atoms with Crippen LogP contribution in [0.5, 0.6) is 0 Å². The number of amides is 2. The molecule has 5 nitrogen and oxygen atoms in total. The number of hydroxylamine groups is 2. The van der Waals surface area contributed by atoms with Crippen LogP contribution in [-0.4, -0.2) is 22.8 Å². The van der Waals surface area contributed by atoms with Crippen LogP contribution >= 0.6 is 0 Å².